The number of carbonyl (C=O) groups excluding carboxylic acids is 3. The number of piperazine rings is 1. The molecule has 1 atom stereocenters. The molecule has 1 unspecified atom stereocenters. The van der Waals surface area contributed by atoms with Crippen molar-refractivity contribution in [2.45, 2.75) is 58.9 Å². The van der Waals surface area contributed by atoms with Crippen LogP contribution in [0.1, 0.15) is 52.9 Å². The molecule has 0 aliphatic carbocycles. The highest BCUT2D eigenvalue weighted by Gasteiger charge is 2.35. The van der Waals surface area contributed by atoms with Gasteiger partial charge in [-0.15, -0.1) is 0 Å². The van der Waals surface area contributed by atoms with Crippen LogP contribution in [0, 0.1) is 5.92 Å². The number of carbonyl (C=O) groups is 3. The van der Waals surface area contributed by atoms with E-state index in [0.29, 0.717) is 26.3 Å². The number of unbranched alkanes of at least 4 members (excludes halogenated alkanes) is 3. The minimum Gasteiger partial charge on any atom is -0.494 e. The Morgan fingerprint density at radius 1 is 1.19 bits per heavy atom. The van der Waals surface area contributed by atoms with Crippen LogP contribution in [0.4, 0.5) is 5.69 Å². The maximum absolute atomic E-state index is 12.8. The van der Waals surface area contributed by atoms with E-state index in [1.165, 1.54) is 24.2 Å². The van der Waals surface area contributed by atoms with E-state index in [0.717, 1.165) is 17.9 Å². The van der Waals surface area contributed by atoms with Crippen LogP contribution in [0.15, 0.2) is 24.3 Å². The summed E-state index contributed by atoms with van der Waals surface area (Å²) >= 11 is 0. The highest BCUT2D eigenvalue weighted by atomic mass is 16.5. The van der Waals surface area contributed by atoms with E-state index in [1.54, 1.807) is 0 Å². The molecular formula is C24H37N3O5. The molecule has 0 spiro atoms. The zero-order valence-electron chi connectivity index (χ0n) is 19.5. The number of hydrogen-bond acceptors (Lipinski definition) is 6. The molecule has 0 bridgehead atoms. The molecule has 0 aromatic heterocycles. The van der Waals surface area contributed by atoms with Crippen molar-refractivity contribution in [3.63, 3.8) is 0 Å². The normalized spacial score (nSPS) is 15.9. The summed E-state index contributed by atoms with van der Waals surface area (Å²) in [4.78, 5) is 38.6. The zero-order chi connectivity index (χ0) is 23.3. The van der Waals surface area contributed by atoms with E-state index in [4.69, 9.17) is 9.47 Å². The first kappa shape index (κ1) is 25.5. The van der Waals surface area contributed by atoms with E-state index in [-0.39, 0.29) is 30.7 Å². The maximum Gasteiger partial charge on any atom is 0.308 e. The average Bonchev–Trinajstić information content (AvgIpc) is 2.78. The van der Waals surface area contributed by atoms with Gasteiger partial charge in [0.15, 0.2) is 0 Å². The molecule has 1 aromatic rings. The van der Waals surface area contributed by atoms with E-state index in [1.807, 2.05) is 38.1 Å². The fraction of sp³-hybridized carbons (Fsp3) is 0.625. The number of anilines is 1. The molecular weight excluding hydrogens is 410 g/mol. The summed E-state index contributed by atoms with van der Waals surface area (Å²) in [6.45, 7) is 7.81. The maximum atomic E-state index is 12.8. The number of amides is 2. The molecule has 1 aromatic carbocycles. The number of esters is 1. The molecule has 178 valence electrons. The van der Waals surface area contributed by atoms with Crippen molar-refractivity contribution in [1.29, 1.82) is 0 Å². The van der Waals surface area contributed by atoms with Crippen molar-refractivity contribution < 1.29 is 23.9 Å². The standard InChI is InChI=1S/C24H37N3O5/c1-4-5-6-7-14-31-20-10-8-19(9-11-20)26-16-22(28)27-13-12-25-24(30)21(27)15-23(29)32-17-18(2)3/h8-11,18,21,26H,4-7,12-17H2,1-3H3,(H,25,30). The third-order valence-corrected chi connectivity index (χ3v) is 5.15. The second-order valence-corrected chi connectivity index (χ2v) is 8.46. The summed E-state index contributed by atoms with van der Waals surface area (Å²) in [6, 6.07) is 6.61. The van der Waals surface area contributed by atoms with E-state index in [9.17, 15) is 14.4 Å². The number of ether oxygens (including phenoxy) is 2. The molecule has 8 nitrogen and oxygen atoms in total. The first-order valence-corrected chi connectivity index (χ1v) is 11.6. The SMILES string of the molecule is CCCCCCOc1ccc(NCC(=O)N2CCNC(=O)C2CC(=O)OCC(C)C)cc1. The second kappa shape index (κ2) is 13.6. The lowest BCUT2D eigenvalue weighted by molar-refractivity contribution is -0.152. The van der Waals surface area contributed by atoms with Crippen LogP contribution < -0.4 is 15.4 Å². The second-order valence-electron chi connectivity index (χ2n) is 8.46. The van der Waals surface area contributed by atoms with Crippen molar-refractivity contribution in [3.8, 4) is 5.75 Å². The van der Waals surface area contributed by atoms with Crippen LogP contribution in [0.25, 0.3) is 0 Å². The summed E-state index contributed by atoms with van der Waals surface area (Å²) in [5.74, 6) is -0.0361. The fourth-order valence-corrected chi connectivity index (χ4v) is 3.36. The lowest BCUT2D eigenvalue weighted by atomic mass is 10.1. The lowest BCUT2D eigenvalue weighted by Crippen LogP contribution is -2.58. The minimum absolute atomic E-state index is 0.0298. The molecule has 2 rings (SSSR count). The quantitative estimate of drug-likeness (QED) is 0.356. The van der Waals surface area contributed by atoms with Crippen LogP contribution in [0.3, 0.4) is 0 Å². The van der Waals surface area contributed by atoms with Crippen LogP contribution in [-0.4, -0.2) is 61.6 Å². The monoisotopic (exact) mass is 447 g/mol. The van der Waals surface area contributed by atoms with Gasteiger partial charge in [-0.2, -0.15) is 0 Å². The minimum atomic E-state index is -0.846. The van der Waals surface area contributed by atoms with Crippen LogP contribution in [0.2, 0.25) is 0 Å². The molecule has 1 fully saturated rings. The topological polar surface area (TPSA) is 97.0 Å². The Morgan fingerprint density at radius 2 is 1.94 bits per heavy atom. The predicted molar refractivity (Wildman–Crippen MR) is 123 cm³/mol. The molecule has 0 radical (unpaired) electrons. The van der Waals surface area contributed by atoms with Crippen LogP contribution in [0.5, 0.6) is 5.75 Å². The van der Waals surface area contributed by atoms with Gasteiger partial charge in [-0.05, 0) is 36.6 Å². The molecule has 1 aliphatic heterocycles. The van der Waals surface area contributed by atoms with Crippen molar-refractivity contribution in [2.24, 2.45) is 5.92 Å². The number of nitrogens with one attached hydrogen (secondary N) is 2. The smallest absolute Gasteiger partial charge is 0.308 e. The Hall–Kier alpha value is -2.77. The number of benzene rings is 1. The van der Waals surface area contributed by atoms with E-state index in [2.05, 4.69) is 17.6 Å². The highest BCUT2D eigenvalue weighted by Crippen LogP contribution is 2.17. The van der Waals surface area contributed by atoms with Crippen molar-refractivity contribution in [2.75, 3.05) is 38.2 Å². The predicted octanol–water partition coefficient (Wildman–Crippen LogP) is 2.97. The highest BCUT2D eigenvalue weighted by molar-refractivity contribution is 5.93. The lowest BCUT2D eigenvalue weighted by Gasteiger charge is -2.34. The molecule has 1 aliphatic rings. The molecule has 0 saturated carbocycles. The first-order valence-electron chi connectivity index (χ1n) is 11.6. The first-order chi connectivity index (χ1) is 15.4. The summed E-state index contributed by atoms with van der Waals surface area (Å²) in [5.41, 5.74) is 0.783. The van der Waals surface area contributed by atoms with Gasteiger partial charge in [-0.1, -0.05) is 40.0 Å². The van der Waals surface area contributed by atoms with Gasteiger partial charge in [-0.3, -0.25) is 14.4 Å². The van der Waals surface area contributed by atoms with E-state index < -0.39 is 12.0 Å². The van der Waals surface area contributed by atoms with E-state index >= 15 is 0 Å². The van der Waals surface area contributed by atoms with Gasteiger partial charge in [0.05, 0.1) is 26.2 Å². The number of nitrogens with zero attached hydrogens (tertiary/aromatic N) is 1. The third-order valence-electron chi connectivity index (χ3n) is 5.15. The van der Waals surface area contributed by atoms with Gasteiger partial charge in [0, 0.05) is 18.8 Å². The largest absolute Gasteiger partial charge is 0.494 e. The fourth-order valence-electron chi connectivity index (χ4n) is 3.36. The number of hydrogen-bond donors (Lipinski definition) is 2. The molecule has 2 N–H and O–H groups in total. The Morgan fingerprint density at radius 3 is 2.62 bits per heavy atom. The van der Waals surface area contributed by atoms with Gasteiger partial charge in [0.2, 0.25) is 11.8 Å². The Labute approximate surface area is 191 Å². The van der Waals surface area contributed by atoms with Crippen LogP contribution in [-0.2, 0) is 19.1 Å². The zero-order valence-corrected chi connectivity index (χ0v) is 19.5. The molecule has 1 heterocycles. The summed E-state index contributed by atoms with van der Waals surface area (Å²) in [7, 11) is 0. The Kier molecular flexibility index (Phi) is 10.8. The van der Waals surface area contributed by atoms with Gasteiger partial charge >= 0.3 is 5.97 Å². The summed E-state index contributed by atoms with van der Waals surface area (Å²) in [5, 5.41) is 5.81. The molecule has 8 heteroatoms. The van der Waals surface area contributed by atoms with Gasteiger partial charge in [0.1, 0.15) is 11.8 Å². The van der Waals surface area contributed by atoms with Gasteiger partial charge in [-0.25, -0.2) is 0 Å². The van der Waals surface area contributed by atoms with Crippen LogP contribution >= 0.6 is 0 Å². The third kappa shape index (κ3) is 8.77. The Balaban J connectivity index is 1.83. The summed E-state index contributed by atoms with van der Waals surface area (Å²) in [6.07, 6.45) is 4.48. The van der Waals surface area contributed by atoms with Crippen molar-refractivity contribution in [1.82, 2.24) is 10.2 Å². The Bertz CT molecular complexity index is 736. The van der Waals surface area contributed by atoms with Gasteiger partial charge in [0.25, 0.3) is 0 Å². The molecule has 1 saturated heterocycles. The van der Waals surface area contributed by atoms with Crippen molar-refractivity contribution >= 4 is 23.5 Å². The number of rotatable bonds is 13. The average molecular weight is 448 g/mol. The van der Waals surface area contributed by atoms with Crippen molar-refractivity contribution in [3.05, 3.63) is 24.3 Å². The van der Waals surface area contributed by atoms with Gasteiger partial charge < -0.3 is 25.0 Å². The molecule has 2 amide bonds. The summed E-state index contributed by atoms with van der Waals surface area (Å²) < 4.78 is 10.9. The molecule has 32 heavy (non-hydrogen) atoms.